The van der Waals surface area contributed by atoms with Crippen molar-refractivity contribution >= 4 is 0 Å². The fourth-order valence-corrected chi connectivity index (χ4v) is 1.00. The first-order valence-electron chi connectivity index (χ1n) is 4.43. The van der Waals surface area contributed by atoms with E-state index in [2.05, 4.69) is 24.7 Å². The summed E-state index contributed by atoms with van der Waals surface area (Å²) >= 11 is 0. The number of unbranched alkanes of at least 4 members (excludes halogenated alkanes) is 1. The zero-order chi connectivity index (χ0) is 9.52. The van der Waals surface area contributed by atoms with Gasteiger partial charge in [0, 0.05) is 17.5 Å². The van der Waals surface area contributed by atoms with Crippen molar-refractivity contribution < 1.29 is 0 Å². The van der Waals surface area contributed by atoms with E-state index >= 15 is 0 Å². The van der Waals surface area contributed by atoms with E-state index in [9.17, 15) is 0 Å². The molecule has 0 heterocycles. The van der Waals surface area contributed by atoms with Crippen LogP contribution in [0.25, 0.3) is 0 Å². The monoisotopic (exact) mass is 168 g/mol. The van der Waals surface area contributed by atoms with Gasteiger partial charge in [-0.05, 0) is 18.6 Å². The van der Waals surface area contributed by atoms with Gasteiger partial charge in [-0.15, -0.1) is 6.42 Å². The molecule has 0 atom stereocenters. The Hall–Kier alpha value is -1.66. The molecule has 0 aromatic heterocycles. The minimum atomic E-state index is 0.881. The van der Waals surface area contributed by atoms with Gasteiger partial charge in [0.2, 0.25) is 0 Å². The van der Waals surface area contributed by atoms with Crippen molar-refractivity contribution in [3.63, 3.8) is 0 Å². The molecule has 0 radical (unpaired) electrons. The molecule has 0 N–H and O–H groups in total. The Balaban J connectivity index is 2.91. The lowest BCUT2D eigenvalue weighted by Gasteiger charge is -1.93. The van der Waals surface area contributed by atoms with Crippen LogP contribution in [0, 0.1) is 24.2 Å². The minimum absolute atomic E-state index is 0.881. The van der Waals surface area contributed by atoms with Crippen molar-refractivity contribution in [2.24, 2.45) is 0 Å². The lowest BCUT2D eigenvalue weighted by atomic mass is 10.1. The Bertz CT molecular complexity index is 369. The average Bonchev–Trinajstić information content (AvgIpc) is 2.19. The van der Waals surface area contributed by atoms with E-state index in [-0.39, 0.29) is 0 Å². The van der Waals surface area contributed by atoms with Crippen LogP contribution in [0.3, 0.4) is 0 Å². The standard InChI is InChI=1S/C13H12/c1-3-5-6-10-13-11-8-7-9-12(13)4-2/h2,7-9,11H,3,5H2,1H3. The van der Waals surface area contributed by atoms with Gasteiger partial charge in [-0.2, -0.15) is 0 Å². The smallest absolute Gasteiger partial charge is 0.0401 e. The van der Waals surface area contributed by atoms with E-state index in [0.717, 1.165) is 24.0 Å². The summed E-state index contributed by atoms with van der Waals surface area (Å²) in [6.45, 7) is 2.11. The third kappa shape index (κ3) is 2.69. The number of benzene rings is 1. The fourth-order valence-electron chi connectivity index (χ4n) is 1.00. The van der Waals surface area contributed by atoms with E-state index in [1.807, 2.05) is 24.3 Å². The average molecular weight is 168 g/mol. The summed E-state index contributed by atoms with van der Waals surface area (Å²) in [5.41, 5.74) is 1.84. The Morgan fingerprint density at radius 1 is 1.23 bits per heavy atom. The maximum atomic E-state index is 5.34. The van der Waals surface area contributed by atoms with E-state index in [0.29, 0.717) is 0 Å². The molecule has 0 nitrogen and oxygen atoms in total. The molecule has 0 aliphatic rings. The third-order valence-electron chi connectivity index (χ3n) is 1.68. The van der Waals surface area contributed by atoms with Crippen LogP contribution >= 0.6 is 0 Å². The predicted molar refractivity (Wildman–Crippen MR) is 56.2 cm³/mol. The largest absolute Gasteiger partial charge is 0.115 e. The zero-order valence-electron chi connectivity index (χ0n) is 7.80. The van der Waals surface area contributed by atoms with Crippen LogP contribution in [0.2, 0.25) is 0 Å². The predicted octanol–water partition coefficient (Wildman–Crippen LogP) is 2.82. The van der Waals surface area contributed by atoms with Gasteiger partial charge in [0.1, 0.15) is 0 Å². The summed E-state index contributed by atoms with van der Waals surface area (Å²) in [6, 6.07) is 7.75. The van der Waals surface area contributed by atoms with Crippen molar-refractivity contribution in [3.05, 3.63) is 35.4 Å². The summed E-state index contributed by atoms with van der Waals surface area (Å²) in [7, 11) is 0. The molecule has 0 heteroatoms. The van der Waals surface area contributed by atoms with Crippen molar-refractivity contribution in [2.45, 2.75) is 19.8 Å². The number of terminal acetylenes is 1. The lowest BCUT2D eigenvalue weighted by Crippen LogP contribution is -1.81. The summed E-state index contributed by atoms with van der Waals surface area (Å²) in [6.07, 6.45) is 7.36. The maximum absolute atomic E-state index is 5.34. The Morgan fingerprint density at radius 3 is 2.54 bits per heavy atom. The molecule has 13 heavy (non-hydrogen) atoms. The number of hydrogen-bond donors (Lipinski definition) is 0. The van der Waals surface area contributed by atoms with Gasteiger partial charge in [-0.25, -0.2) is 0 Å². The zero-order valence-corrected chi connectivity index (χ0v) is 7.80. The van der Waals surface area contributed by atoms with E-state index in [1.54, 1.807) is 0 Å². The first-order valence-corrected chi connectivity index (χ1v) is 4.43. The summed E-state index contributed by atoms with van der Waals surface area (Å²) < 4.78 is 0. The molecule has 0 aliphatic heterocycles. The first kappa shape index (κ1) is 9.43. The van der Waals surface area contributed by atoms with Gasteiger partial charge < -0.3 is 0 Å². The molecule has 1 aromatic carbocycles. The van der Waals surface area contributed by atoms with Crippen LogP contribution in [-0.2, 0) is 0 Å². The van der Waals surface area contributed by atoms with Crippen molar-refractivity contribution in [1.82, 2.24) is 0 Å². The fraction of sp³-hybridized carbons (Fsp3) is 0.231. The molecule has 0 saturated heterocycles. The molecule has 0 saturated carbocycles. The molecule has 0 unspecified atom stereocenters. The molecule has 0 fully saturated rings. The van der Waals surface area contributed by atoms with E-state index in [1.165, 1.54) is 0 Å². The van der Waals surface area contributed by atoms with Gasteiger partial charge in [0.05, 0.1) is 0 Å². The van der Waals surface area contributed by atoms with Gasteiger partial charge in [-0.3, -0.25) is 0 Å². The Labute approximate surface area is 80.0 Å². The molecular weight excluding hydrogens is 156 g/mol. The third-order valence-corrected chi connectivity index (χ3v) is 1.68. The highest BCUT2D eigenvalue weighted by Crippen LogP contribution is 2.04. The SMILES string of the molecule is C#Cc1ccccc1C#CCCC. The lowest BCUT2D eigenvalue weighted by molar-refractivity contribution is 0.983. The molecule has 0 amide bonds. The van der Waals surface area contributed by atoms with Crippen LogP contribution in [0.1, 0.15) is 30.9 Å². The van der Waals surface area contributed by atoms with Crippen molar-refractivity contribution in [3.8, 4) is 24.2 Å². The van der Waals surface area contributed by atoms with Gasteiger partial charge in [0.15, 0.2) is 0 Å². The molecule has 1 rings (SSSR count). The second-order valence-corrected chi connectivity index (χ2v) is 2.74. The molecule has 0 aliphatic carbocycles. The quantitative estimate of drug-likeness (QED) is 0.566. The highest BCUT2D eigenvalue weighted by atomic mass is 13.9. The second-order valence-electron chi connectivity index (χ2n) is 2.74. The summed E-state index contributed by atoms with van der Waals surface area (Å²) in [4.78, 5) is 0. The van der Waals surface area contributed by atoms with Gasteiger partial charge in [-0.1, -0.05) is 36.8 Å². The Morgan fingerprint density at radius 2 is 1.92 bits per heavy atom. The van der Waals surface area contributed by atoms with Crippen molar-refractivity contribution in [2.75, 3.05) is 0 Å². The molecular formula is C13H12. The van der Waals surface area contributed by atoms with Crippen LogP contribution in [0.15, 0.2) is 24.3 Å². The maximum Gasteiger partial charge on any atom is 0.0401 e. The summed E-state index contributed by atoms with van der Waals surface area (Å²) in [5, 5.41) is 0. The molecule has 1 aromatic rings. The van der Waals surface area contributed by atoms with Crippen LogP contribution in [0.5, 0.6) is 0 Å². The van der Waals surface area contributed by atoms with E-state index in [4.69, 9.17) is 6.42 Å². The molecule has 0 spiro atoms. The normalized spacial score (nSPS) is 8.31. The van der Waals surface area contributed by atoms with E-state index < -0.39 is 0 Å². The Kier molecular flexibility index (Phi) is 3.68. The molecule has 0 bridgehead atoms. The van der Waals surface area contributed by atoms with Gasteiger partial charge in [0.25, 0.3) is 0 Å². The van der Waals surface area contributed by atoms with Crippen molar-refractivity contribution in [1.29, 1.82) is 0 Å². The first-order chi connectivity index (χ1) is 6.38. The number of hydrogen-bond acceptors (Lipinski definition) is 0. The van der Waals surface area contributed by atoms with Gasteiger partial charge >= 0.3 is 0 Å². The summed E-state index contributed by atoms with van der Waals surface area (Å²) in [5.74, 6) is 8.77. The highest BCUT2D eigenvalue weighted by Gasteiger charge is 1.92. The van der Waals surface area contributed by atoms with Crippen LogP contribution < -0.4 is 0 Å². The second kappa shape index (κ2) is 5.07. The number of rotatable bonds is 1. The highest BCUT2D eigenvalue weighted by molar-refractivity contribution is 5.48. The minimum Gasteiger partial charge on any atom is -0.115 e. The van der Waals surface area contributed by atoms with Crippen LogP contribution in [0.4, 0.5) is 0 Å². The topological polar surface area (TPSA) is 0 Å². The molecule has 64 valence electrons. The van der Waals surface area contributed by atoms with Crippen LogP contribution in [-0.4, -0.2) is 0 Å².